The van der Waals surface area contributed by atoms with E-state index in [2.05, 4.69) is 21.0 Å². The summed E-state index contributed by atoms with van der Waals surface area (Å²) in [5.74, 6) is -0.515. The quantitative estimate of drug-likeness (QED) is 0.292. The molecule has 51 heavy (non-hydrogen) atoms. The Kier molecular flexibility index (Phi) is 10.3. The molecular weight excluding hydrogens is 701 g/mol. The average Bonchev–Trinajstić information content (AvgIpc) is 3.82. The van der Waals surface area contributed by atoms with Crippen molar-refractivity contribution < 1.29 is 40.6 Å². The molecule has 15 nitrogen and oxygen atoms in total. The van der Waals surface area contributed by atoms with Crippen LogP contribution in [0.3, 0.4) is 0 Å². The van der Waals surface area contributed by atoms with E-state index < -0.39 is 37.2 Å². The number of rotatable bonds is 11. The van der Waals surface area contributed by atoms with Gasteiger partial charge in [0.15, 0.2) is 21.3 Å². The number of hydrogen-bond donors (Lipinski definition) is 2. The molecule has 4 aliphatic rings. The van der Waals surface area contributed by atoms with Crippen LogP contribution >= 0.6 is 0 Å². The van der Waals surface area contributed by atoms with Gasteiger partial charge in [-0.25, -0.2) is 18.3 Å². The Hall–Kier alpha value is -3.19. The second-order valence-electron chi connectivity index (χ2n) is 14.3. The van der Waals surface area contributed by atoms with Crippen molar-refractivity contribution in [2.75, 3.05) is 40.6 Å². The molecule has 0 spiro atoms. The fraction of sp³-hybridized carbons (Fsp3) is 0.618. The molecule has 1 aromatic carbocycles. The van der Waals surface area contributed by atoms with Crippen LogP contribution in [0.4, 0.5) is 0 Å². The molecule has 17 heteroatoms. The molecule has 4 heterocycles. The van der Waals surface area contributed by atoms with Crippen LogP contribution in [0.5, 0.6) is 0 Å². The summed E-state index contributed by atoms with van der Waals surface area (Å²) in [6.07, 6.45) is 6.25. The van der Waals surface area contributed by atoms with Gasteiger partial charge in [0, 0.05) is 38.4 Å². The van der Waals surface area contributed by atoms with E-state index in [0.717, 1.165) is 44.1 Å². The molecule has 3 N–H and O–H groups in total. The van der Waals surface area contributed by atoms with Crippen molar-refractivity contribution in [3.8, 4) is 0 Å². The third-order valence-electron chi connectivity index (χ3n) is 10.2. The molecule has 280 valence electrons. The second kappa shape index (κ2) is 14.0. The number of aryl methyl sites for hydroxylation is 2. The first kappa shape index (κ1) is 37.6. The fourth-order valence-corrected chi connectivity index (χ4v) is 8.76. The van der Waals surface area contributed by atoms with E-state index in [1.165, 1.54) is 34.4 Å². The van der Waals surface area contributed by atoms with Gasteiger partial charge in [0.2, 0.25) is 5.91 Å². The average molecular weight is 749 g/mol. The molecule has 0 saturated carbocycles. The minimum Gasteiger partial charge on any atom is -0.374 e. The van der Waals surface area contributed by atoms with Gasteiger partial charge in [0.1, 0.15) is 0 Å². The number of sulfonamides is 2. The molecule has 7 rings (SSSR count). The third kappa shape index (κ3) is 7.01. The number of primary sulfonamides is 1. The van der Waals surface area contributed by atoms with Gasteiger partial charge in [0.05, 0.1) is 44.2 Å². The lowest BCUT2D eigenvalue weighted by Crippen LogP contribution is -2.49. The number of amides is 1. The summed E-state index contributed by atoms with van der Waals surface area (Å²) in [4.78, 5) is 13.0. The van der Waals surface area contributed by atoms with E-state index in [4.69, 9.17) is 24.1 Å². The Bertz CT molecular complexity index is 1980. The lowest BCUT2D eigenvalue weighted by Gasteiger charge is -2.40. The number of carbonyl (C=O) groups excluding carboxylic acids is 1. The second-order valence-corrected chi connectivity index (χ2v) is 17.4. The number of carbonyl (C=O) groups is 1. The summed E-state index contributed by atoms with van der Waals surface area (Å²) in [7, 11) is -4.80. The van der Waals surface area contributed by atoms with Crippen LogP contribution in [0.15, 0.2) is 28.3 Å². The van der Waals surface area contributed by atoms with Gasteiger partial charge in [-0.15, -0.1) is 0 Å². The molecular formula is C34H48N6O9S2. The summed E-state index contributed by atoms with van der Waals surface area (Å²) >= 11 is 0. The zero-order valence-corrected chi connectivity index (χ0v) is 31.7. The maximum absolute atomic E-state index is 13.1. The van der Waals surface area contributed by atoms with Gasteiger partial charge >= 0.3 is 0 Å². The van der Waals surface area contributed by atoms with E-state index in [1.807, 2.05) is 27.7 Å². The maximum atomic E-state index is 13.1. The number of fused-ring (bicyclic) bond motifs is 2. The van der Waals surface area contributed by atoms with E-state index >= 15 is 0 Å². The third-order valence-corrected chi connectivity index (χ3v) is 12.2. The zero-order valence-electron chi connectivity index (χ0n) is 30.0. The van der Waals surface area contributed by atoms with Crippen LogP contribution in [-0.4, -0.2) is 83.0 Å². The summed E-state index contributed by atoms with van der Waals surface area (Å²) in [6, 6.07) is 5.18. The normalized spacial score (nSPS) is 18.8. The monoisotopic (exact) mass is 748 g/mol. The predicted octanol–water partition coefficient (Wildman–Crippen LogP) is 2.34. The number of hydrogen-bond acceptors (Lipinski definition) is 11. The predicted molar refractivity (Wildman–Crippen MR) is 185 cm³/mol. The molecule has 3 aromatic rings. The lowest BCUT2D eigenvalue weighted by molar-refractivity contribution is -0.206. The van der Waals surface area contributed by atoms with E-state index in [1.54, 1.807) is 23.6 Å². The molecule has 2 aliphatic heterocycles. The molecule has 2 fully saturated rings. The first-order valence-electron chi connectivity index (χ1n) is 17.2. The minimum atomic E-state index is -4.12. The van der Waals surface area contributed by atoms with Gasteiger partial charge in [-0.1, -0.05) is 6.07 Å². The standard InChI is InChI=1S/C24H31N3O5S.C10H17N3O4S/c1-15(2)27-21(24(31-3)13-32-14-24)12-23(25-27)33(29,30)26-22(28)11-20-18-8-4-6-16(18)10-17-7-5-9-19(17)20;1-7(2)13-8(10(16-3)5-17-6-10)4-9(12-13)18(11,14)15/h10,12,15H,4-9,11,13-14H2,1-3H3,(H,26,28);4,7H,5-6H2,1-3H3,(H2,11,14,15). The van der Waals surface area contributed by atoms with Crippen LogP contribution < -0.4 is 9.86 Å². The number of nitrogens with one attached hydrogen (secondary N) is 1. The largest absolute Gasteiger partial charge is 0.374 e. The van der Waals surface area contributed by atoms with E-state index in [0.29, 0.717) is 37.8 Å². The van der Waals surface area contributed by atoms with E-state index in [-0.39, 0.29) is 28.6 Å². The fourth-order valence-electron chi connectivity index (χ4n) is 7.34. The summed E-state index contributed by atoms with van der Waals surface area (Å²) < 4.78 is 76.1. The summed E-state index contributed by atoms with van der Waals surface area (Å²) in [6.45, 7) is 9.09. The molecule has 0 atom stereocenters. The van der Waals surface area contributed by atoms with Crippen molar-refractivity contribution in [1.82, 2.24) is 24.3 Å². The molecule has 2 aromatic heterocycles. The van der Waals surface area contributed by atoms with Crippen LogP contribution in [0.25, 0.3) is 0 Å². The Morgan fingerprint density at radius 1 is 0.804 bits per heavy atom. The highest BCUT2D eigenvalue weighted by molar-refractivity contribution is 7.90. The molecule has 0 bridgehead atoms. The maximum Gasteiger partial charge on any atom is 0.283 e. The highest BCUT2D eigenvalue weighted by Gasteiger charge is 2.46. The number of nitrogens with zero attached hydrogens (tertiary/aromatic N) is 4. The van der Waals surface area contributed by atoms with Crippen molar-refractivity contribution in [2.24, 2.45) is 5.14 Å². The van der Waals surface area contributed by atoms with Crippen molar-refractivity contribution in [1.29, 1.82) is 0 Å². The number of ether oxygens (including phenoxy) is 4. The highest BCUT2D eigenvalue weighted by Crippen LogP contribution is 2.38. The number of benzene rings is 1. The summed E-state index contributed by atoms with van der Waals surface area (Å²) in [5, 5.41) is 13.2. The van der Waals surface area contributed by atoms with Gasteiger partial charge in [-0.2, -0.15) is 18.6 Å². The molecule has 0 unspecified atom stereocenters. The SMILES string of the molecule is COC1(c2cc(S(=O)(=O)NC(=O)Cc3c4c(cc5c3CCC5)CCC4)nn2C(C)C)COC1.COC1(c2cc(S(N)(=O)=O)nn2C(C)C)COC1. The molecule has 2 saturated heterocycles. The van der Waals surface area contributed by atoms with Gasteiger partial charge < -0.3 is 18.9 Å². The Labute approximate surface area is 299 Å². The Morgan fingerprint density at radius 2 is 1.25 bits per heavy atom. The van der Waals surface area contributed by atoms with Gasteiger partial charge in [-0.3, -0.25) is 14.2 Å². The Morgan fingerprint density at radius 3 is 1.65 bits per heavy atom. The molecule has 0 radical (unpaired) electrons. The van der Waals surface area contributed by atoms with Crippen molar-refractivity contribution in [3.05, 3.63) is 57.4 Å². The Balaban J connectivity index is 0.000000211. The van der Waals surface area contributed by atoms with Crippen molar-refractivity contribution >= 4 is 26.0 Å². The number of aromatic nitrogens is 4. The number of nitrogens with two attached hydrogens (primary N) is 1. The first-order chi connectivity index (χ1) is 24.0. The highest BCUT2D eigenvalue weighted by atomic mass is 32.2. The minimum absolute atomic E-state index is 0.00289. The topological polar surface area (TPSA) is 196 Å². The molecule has 2 aliphatic carbocycles. The first-order valence-corrected chi connectivity index (χ1v) is 20.3. The van der Waals surface area contributed by atoms with E-state index in [9.17, 15) is 21.6 Å². The van der Waals surface area contributed by atoms with Crippen LogP contribution in [0, 0.1) is 0 Å². The van der Waals surface area contributed by atoms with Crippen molar-refractivity contribution in [2.45, 2.75) is 106 Å². The van der Waals surface area contributed by atoms with Gasteiger partial charge in [0.25, 0.3) is 20.0 Å². The zero-order chi connectivity index (χ0) is 36.9. The summed E-state index contributed by atoms with van der Waals surface area (Å²) in [5.41, 5.74) is 6.17. The van der Waals surface area contributed by atoms with Crippen LogP contribution in [0.1, 0.15) is 91.8 Å². The van der Waals surface area contributed by atoms with Gasteiger partial charge in [-0.05, 0) is 94.0 Å². The lowest BCUT2D eigenvalue weighted by atomic mass is 9.92. The van der Waals surface area contributed by atoms with Crippen LogP contribution in [0.2, 0.25) is 0 Å². The smallest absolute Gasteiger partial charge is 0.283 e. The number of methoxy groups -OCH3 is 2. The van der Waals surface area contributed by atoms with Crippen molar-refractivity contribution in [3.63, 3.8) is 0 Å². The molecule has 1 amide bonds. The van der Waals surface area contributed by atoms with Crippen LogP contribution in [-0.2, 0) is 87.1 Å².